The third kappa shape index (κ3) is 3.78. The number of benzene rings is 2. The molecule has 0 aliphatic rings. The summed E-state index contributed by atoms with van der Waals surface area (Å²) in [7, 11) is 1.60. The molecule has 0 radical (unpaired) electrons. The molecule has 0 spiro atoms. The molecule has 3 rings (SSSR count). The fraction of sp³-hybridized carbons (Fsp3) is 0.111. The minimum atomic E-state index is -0.556. The van der Waals surface area contributed by atoms with Gasteiger partial charge in [-0.25, -0.2) is 4.98 Å². The summed E-state index contributed by atoms with van der Waals surface area (Å²) in [5.74, 6) is 0.161. The number of nitrogens with one attached hydrogen (secondary N) is 1. The molecule has 0 bridgehead atoms. The van der Waals surface area contributed by atoms with Crippen molar-refractivity contribution in [2.75, 3.05) is 12.4 Å². The van der Waals surface area contributed by atoms with Crippen LogP contribution in [-0.2, 0) is 6.54 Å². The van der Waals surface area contributed by atoms with Crippen molar-refractivity contribution in [1.82, 2.24) is 4.98 Å². The molecule has 0 aliphatic heterocycles. The Morgan fingerprint density at radius 2 is 2.00 bits per heavy atom. The lowest BCUT2D eigenvalue weighted by Crippen LogP contribution is -2.14. The van der Waals surface area contributed by atoms with Crippen LogP contribution in [0, 0.1) is 0 Å². The number of methoxy groups -OCH3 is 1. The Morgan fingerprint density at radius 3 is 2.72 bits per heavy atom. The first-order valence-electron chi connectivity index (χ1n) is 7.44. The number of carbonyl (C=O) groups excluding carboxylic acids is 1. The standard InChI is InChI=1S/C18H15Cl2N3O2/c1-25-13-4-2-10-6-11(17(20)23-16(10)8-13)9-22-15-5-3-12(19)7-14(15)18(21)24/h2-8,22H,9H2,1H3,(H2,21,24). The molecule has 5 nitrogen and oxygen atoms in total. The largest absolute Gasteiger partial charge is 0.497 e. The summed E-state index contributed by atoms with van der Waals surface area (Å²) in [6.07, 6.45) is 0. The zero-order valence-corrected chi connectivity index (χ0v) is 14.9. The highest BCUT2D eigenvalue weighted by molar-refractivity contribution is 6.31. The molecule has 0 fully saturated rings. The molecule has 0 saturated heterocycles. The fourth-order valence-corrected chi connectivity index (χ4v) is 2.87. The van der Waals surface area contributed by atoms with Crippen molar-refractivity contribution in [3.63, 3.8) is 0 Å². The second-order valence-electron chi connectivity index (χ2n) is 5.40. The van der Waals surface area contributed by atoms with Crippen molar-refractivity contribution < 1.29 is 9.53 Å². The van der Waals surface area contributed by atoms with Gasteiger partial charge < -0.3 is 15.8 Å². The number of nitrogens with zero attached hydrogens (tertiary/aromatic N) is 1. The molecule has 0 aliphatic carbocycles. The number of rotatable bonds is 5. The molecule has 7 heteroatoms. The Morgan fingerprint density at radius 1 is 1.20 bits per heavy atom. The number of amides is 1. The molecule has 1 amide bonds. The van der Waals surface area contributed by atoms with Crippen LogP contribution in [0.1, 0.15) is 15.9 Å². The monoisotopic (exact) mass is 375 g/mol. The van der Waals surface area contributed by atoms with E-state index in [1.807, 2.05) is 24.3 Å². The number of pyridine rings is 1. The van der Waals surface area contributed by atoms with Crippen LogP contribution in [-0.4, -0.2) is 18.0 Å². The van der Waals surface area contributed by atoms with E-state index in [4.69, 9.17) is 33.7 Å². The van der Waals surface area contributed by atoms with Crippen LogP contribution in [0.3, 0.4) is 0 Å². The first kappa shape index (κ1) is 17.3. The van der Waals surface area contributed by atoms with Gasteiger partial charge in [0.25, 0.3) is 5.91 Å². The zero-order valence-electron chi connectivity index (χ0n) is 13.3. The van der Waals surface area contributed by atoms with Gasteiger partial charge in [0.1, 0.15) is 10.9 Å². The smallest absolute Gasteiger partial charge is 0.250 e. The molecule has 25 heavy (non-hydrogen) atoms. The third-order valence-electron chi connectivity index (χ3n) is 3.77. The first-order valence-corrected chi connectivity index (χ1v) is 8.20. The molecule has 128 valence electrons. The summed E-state index contributed by atoms with van der Waals surface area (Å²) < 4.78 is 5.19. The van der Waals surface area contributed by atoms with Gasteiger partial charge in [-0.15, -0.1) is 0 Å². The molecular formula is C18H15Cl2N3O2. The van der Waals surface area contributed by atoms with Crippen LogP contribution in [0.2, 0.25) is 10.2 Å². The maximum absolute atomic E-state index is 11.6. The average Bonchev–Trinajstić information content (AvgIpc) is 2.60. The molecule has 1 heterocycles. The van der Waals surface area contributed by atoms with Gasteiger partial charge in [0.2, 0.25) is 0 Å². The number of hydrogen-bond acceptors (Lipinski definition) is 4. The SMILES string of the molecule is COc1ccc2cc(CNc3ccc(Cl)cc3C(N)=O)c(Cl)nc2c1. The van der Waals surface area contributed by atoms with Crippen LogP contribution >= 0.6 is 23.2 Å². The van der Waals surface area contributed by atoms with Crippen LogP contribution < -0.4 is 15.8 Å². The van der Waals surface area contributed by atoms with E-state index in [0.717, 1.165) is 16.5 Å². The minimum Gasteiger partial charge on any atom is -0.497 e. The molecule has 3 N–H and O–H groups in total. The van der Waals surface area contributed by atoms with Gasteiger partial charge >= 0.3 is 0 Å². The number of nitrogens with two attached hydrogens (primary N) is 1. The second-order valence-corrected chi connectivity index (χ2v) is 6.20. The minimum absolute atomic E-state index is 0.321. The van der Waals surface area contributed by atoms with Crippen LogP contribution in [0.15, 0.2) is 42.5 Å². The number of anilines is 1. The topological polar surface area (TPSA) is 77.2 Å². The van der Waals surface area contributed by atoms with Crippen LogP contribution in [0.4, 0.5) is 5.69 Å². The second kappa shape index (κ2) is 7.17. The van der Waals surface area contributed by atoms with E-state index in [1.54, 1.807) is 19.2 Å². The summed E-state index contributed by atoms with van der Waals surface area (Å²) in [4.78, 5) is 16.0. The Hall–Kier alpha value is -2.50. The number of halogens is 2. The maximum Gasteiger partial charge on any atom is 0.250 e. The van der Waals surface area contributed by atoms with E-state index >= 15 is 0 Å². The number of ether oxygens (including phenoxy) is 1. The van der Waals surface area contributed by atoms with Crippen molar-refractivity contribution in [1.29, 1.82) is 0 Å². The van der Waals surface area contributed by atoms with E-state index in [0.29, 0.717) is 33.7 Å². The number of hydrogen-bond donors (Lipinski definition) is 2. The predicted octanol–water partition coefficient (Wildman–Crippen LogP) is 4.26. The predicted molar refractivity (Wildman–Crippen MR) is 101 cm³/mol. The van der Waals surface area contributed by atoms with Gasteiger partial charge in [-0.1, -0.05) is 23.2 Å². The summed E-state index contributed by atoms with van der Waals surface area (Å²) in [6, 6.07) is 12.5. The lowest BCUT2D eigenvalue weighted by atomic mass is 10.1. The summed E-state index contributed by atoms with van der Waals surface area (Å²) in [5, 5.41) is 4.92. The number of fused-ring (bicyclic) bond motifs is 1. The molecule has 1 aromatic heterocycles. The Kier molecular flexibility index (Phi) is 4.97. The third-order valence-corrected chi connectivity index (χ3v) is 4.33. The highest BCUT2D eigenvalue weighted by Gasteiger charge is 2.11. The zero-order chi connectivity index (χ0) is 18.0. The van der Waals surface area contributed by atoms with Crippen molar-refractivity contribution in [2.45, 2.75) is 6.54 Å². The van der Waals surface area contributed by atoms with Gasteiger partial charge in [-0.05, 0) is 36.4 Å². The van der Waals surface area contributed by atoms with Crippen molar-refractivity contribution >= 4 is 45.7 Å². The molecule has 0 atom stereocenters. The number of primary amides is 1. The summed E-state index contributed by atoms with van der Waals surface area (Å²) in [6.45, 7) is 0.385. The van der Waals surface area contributed by atoms with Gasteiger partial charge in [-0.2, -0.15) is 0 Å². The van der Waals surface area contributed by atoms with E-state index in [1.165, 1.54) is 6.07 Å². The van der Waals surface area contributed by atoms with E-state index in [2.05, 4.69) is 10.3 Å². The number of carbonyl (C=O) groups is 1. The van der Waals surface area contributed by atoms with Gasteiger partial charge in [0, 0.05) is 34.3 Å². The number of aromatic nitrogens is 1. The molecule has 2 aromatic carbocycles. The van der Waals surface area contributed by atoms with Gasteiger partial charge in [0.15, 0.2) is 0 Å². The molecule has 3 aromatic rings. The Bertz CT molecular complexity index is 960. The Labute approximate surface area is 154 Å². The van der Waals surface area contributed by atoms with Gasteiger partial charge in [-0.3, -0.25) is 4.79 Å². The van der Waals surface area contributed by atoms with E-state index in [-0.39, 0.29) is 0 Å². The molecular weight excluding hydrogens is 361 g/mol. The van der Waals surface area contributed by atoms with Crippen molar-refractivity contribution in [2.24, 2.45) is 5.73 Å². The normalized spacial score (nSPS) is 10.7. The lowest BCUT2D eigenvalue weighted by molar-refractivity contribution is 0.100. The van der Waals surface area contributed by atoms with Crippen molar-refractivity contribution in [3.8, 4) is 5.75 Å². The molecule has 0 unspecified atom stereocenters. The quantitative estimate of drug-likeness (QED) is 0.653. The summed E-state index contributed by atoms with van der Waals surface area (Å²) in [5.41, 5.74) is 7.85. The van der Waals surface area contributed by atoms with Crippen LogP contribution in [0.25, 0.3) is 10.9 Å². The highest BCUT2D eigenvalue weighted by atomic mass is 35.5. The van der Waals surface area contributed by atoms with Crippen LogP contribution in [0.5, 0.6) is 5.75 Å². The van der Waals surface area contributed by atoms with Crippen molar-refractivity contribution in [3.05, 3.63) is 63.8 Å². The highest BCUT2D eigenvalue weighted by Crippen LogP contribution is 2.26. The maximum atomic E-state index is 11.6. The molecule has 0 saturated carbocycles. The summed E-state index contributed by atoms with van der Waals surface area (Å²) >= 11 is 12.2. The van der Waals surface area contributed by atoms with Gasteiger partial charge in [0.05, 0.1) is 18.2 Å². The fourth-order valence-electron chi connectivity index (χ4n) is 2.48. The lowest BCUT2D eigenvalue weighted by Gasteiger charge is -2.12. The van der Waals surface area contributed by atoms with E-state index < -0.39 is 5.91 Å². The van der Waals surface area contributed by atoms with E-state index in [9.17, 15) is 4.79 Å². The average molecular weight is 376 g/mol. The Balaban J connectivity index is 1.89. The first-order chi connectivity index (χ1) is 12.0.